The molecule has 2 heterocycles. The van der Waals surface area contributed by atoms with Crippen molar-refractivity contribution >= 4 is 17.5 Å². The first-order valence-corrected chi connectivity index (χ1v) is 11.0. The number of benzene rings is 1. The summed E-state index contributed by atoms with van der Waals surface area (Å²) in [4.78, 5) is 21.3. The normalized spacial score (nSPS) is 15.0. The lowest BCUT2D eigenvalue weighted by Crippen LogP contribution is -2.31. The van der Waals surface area contributed by atoms with Gasteiger partial charge >= 0.3 is 0 Å². The van der Waals surface area contributed by atoms with E-state index in [1.807, 2.05) is 42.2 Å². The van der Waals surface area contributed by atoms with E-state index >= 15 is 0 Å². The molecule has 2 aromatic heterocycles. The molecule has 1 aliphatic rings. The van der Waals surface area contributed by atoms with E-state index in [1.165, 1.54) is 32.1 Å². The Morgan fingerprint density at radius 2 is 1.94 bits per heavy atom. The van der Waals surface area contributed by atoms with Crippen LogP contribution >= 0.6 is 0 Å². The summed E-state index contributed by atoms with van der Waals surface area (Å²) < 4.78 is 2.05. The lowest BCUT2D eigenvalue weighted by atomic mass is 9.96. The van der Waals surface area contributed by atoms with Crippen molar-refractivity contribution in [3.63, 3.8) is 0 Å². The van der Waals surface area contributed by atoms with Crippen LogP contribution in [-0.2, 0) is 0 Å². The molecule has 1 atom stereocenters. The van der Waals surface area contributed by atoms with Gasteiger partial charge < -0.3 is 10.6 Å². The molecule has 1 fully saturated rings. The van der Waals surface area contributed by atoms with Gasteiger partial charge in [-0.25, -0.2) is 9.97 Å². The highest BCUT2D eigenvalue weighted by molar-refractivity contribution is 5.95. The van der Waals surface area contributed by atoms with E-state index in [1.54, 1.807) is 25.3 Å². The standard InChI is InChI=1S/C24H27N7O/c1-16-13-26-24(29-20-14-27-31(15-20)21-6-4-3-5-7-21)30-22(16)18-8-10-19(11-9-18)23(32)28-17(2)12-25/h8-11,13-15,17,21H,3-7H2,1-2H3,(H,28,32)(H,26,29,30)/t17-/m0/s1. The van der Waals surface area contributed by atoms with Crippen molar-refractivity contribution in [2.24, 2.45) is 0 Å². The van der Waals surface area contributed by atoms with Gasteiger partial charge in [-0.05, 0) is 44.4 Å². The van der Waals surface area contributed by atoms with Crippen molar-refractivity contribution in [1.29, 1.82) is 5.26 Å². The Bertz CT molecular complexity index is 1120. The molecule has 0 aliphatic heterocycles. The third kappa shape index (κ3) is 4.94. The molecule has 2 N–H and O–H groups in total. The first-order chi connectivity index (χ1) is 15.5. The van der Waals surface area contributed by atoms with Crippen LogP contribution in [0.1, 0.15) is 61.0 Å². The fourth-order valence-electron chi connectivity index (χ4n) is 3.96. The molecular formula is C24H27N7O. The molecule has 0 saturated heterocycles. The number of nitrogens with zero attached hydrogens (tertiary/aromatic N) is 5. The quantitative estimate of drug-likeness (QED) is 0.595. The molecule has 1 aromatic carbocycles. The van der Waals surface area contributed by atoms with Crippen LogP contribution in [0.5, 0.6) is 0 Å². The van der Waals surface area contributed by atoms with E-state index in [4.69, 9.17) is 10.2 Å². The van der Waals surface area contributed by atoms with Gasteiger partial charge in [0, 0.05) is 23.5 Å². The number of carbonyl (C=O) groups excluding carboxylic acids is 1. The molecule has 0 spiro atoms. The van der Waals surface area contributed by atoms with Crippen LogP contribution in [0.2, 0.25) is 0 Å². The third-order valence-electron chi connectivity index (χ3n) is 5.74. The second kappa shape index (κ2) is 9.60. The largest absolute Gasteiger partial charge is 0.337 e. The average molecular weight is 430 g/mol. The van der Waals surface area contributed by atoms with Crippen LogP contribution in [0.3, 0.4) is 0 Å². The number of hydrogen-bond donors (Lipinski definition) is 2. The maximum absolute atomic E-state index is 12.2. The molecule has 8 heteroatoms. The smallest absolute Gasteiger partial charge is 0.252 e. The number of hydrogen-bond acceptors (Lipinski definition) is 6. The van der Waals surface area contributed by atoms with E-state index in [0.717, 1.165) is 22.5 Å². The zero-order valence-electron chi connectivity index (χ0n) is 18.4. The summed E-state index contributed by atoms with van der Waals surface area (Å²) in [6.45, 7) is 3.60. The summed E-state index contributed by atoms with van der Waals surface area (Å²) in [6, 6.07) is 9.10. The highest BCUT2D eigenvalue weighted by Gasteiger charge is 2.16. The molecule has 1 amide bonds. The van der Waals surface area contributed by atoms with Gasteiger partial charge in [-0.1, -0.05) is 31.4 Å². The number of nitrogens with one attached hydrogen (secondary N) is 2. The van der Waals surface area contributed by atoms with E-state index in [0.29, 0.717) is 17.6 Å². The molecule has 0 radical (unpaired) electrons. The number of amides is 1. The Morgan fingerprint density at radius 1 is 1.19 bits per heavy atom. The monoisotopic (exact) mass is 429 g/mol. The van der Waals surface area contributed by atoms with E-state index < -0.39 is 6.04 Å². The van der Waals surface area contributed by atoms with Crippen molar-refractivity contribution in [3.05, 3.63) is 54.0 Å². The van der Waals surface area contributed by atoms with E-state index in [-0.39, 0.29) is 5.91 Å². The molecule has 0 bridgehead atoms. The number of anilines is 2. The third-order valence-corrected chi connectivity index (χ3v) is 5.74. The molecular weight excluding hydrogens is 402 g/mol. The number of aromatic nitrogens is 4. The van der Waals surface area contributed by atoms with Crippen LogP contribution < -0.4 is 10.6 Å². The minimum Gasteiger partial charge on any atom is -0.337 e. The second-order valence-corrected chi connectivity index (χ2v) is 8.25. The Kier molecular flexibility index (Phi) is 6.45. The van der Waals surface area contributed by atoms with E-state index in [2.05, 4.69) is 20.7 Å². The molecule has 1 saturated carbocycles. The predicted molar refractivity (Wildman–Crippen MR) is 122 cm³/mol. The van der Waals surface area contributed by atoms with Gasteiger partial charge in [-0.15, -0.1) is 0 Å². The summed E-state index contributed by atoms with van der Waals surface area (Å²) in [5.41, 5.74) is 3.97. The summed E-state index contributed by atoms with van der Waals surface area (Å²) in [5, 5.41) is 19.3. The Hall–Kier alpha value is -3.73. The number of nitriles is 1. The van der Waals surface area contributed by atoms with Crippen LogP contribution in [0, 0.1) is 18.3 Å². The predicted octanol–water partition coefficient (Wildman–Crippen LogP) is 4.54. The highest BCUT2D eigenvalue weighted by Crippen LogP contribution is 2.29. The minimum absolute atomic E-state index is 0.276. The first-order valence-electron chi connectivity index (χ1n) is 11.0. The van der Waals surface area contributed by atoms with Crippen LogP contribution in [0.15, 0.2) is 42.9 Å². The fraction of sp³-hybridized carbons (Fsp3) is 0.375. The first kappa shape index (κ1) is 21.5. The van der Waals surface area contributed by atoms with Gasteiger partial charge in [0.15, 0.2) is 0 Å². The van der Waals surface area contributed by atoms with Crippen molar-refractivity contribution in [3.8, 4) is 17.3 Å². The number of rotatable bonds is 6. The molecule has 32 heavy (non-hydrogen) atoms. The van der Waals surface area contributed by atoms with Crippen LogP contribution in [0.25, 0.3) is 11.3 Å². The van der Waals surface area contributed by atoms with Gasteiger partial charge in [0.2, 0.25) is 5.95 Å². The molecule has 4 rings (SSSR count). The highest BCUT2D eigenvalue weighted by atomic mass is 16.1. The van der Waals surface area contributed by atoms with Gasteiger partial charge in [-0.3, -0.25) is 9.48 Å². The molecule has 1 aliphatic carbocycles. The lowest BCUT2D eigenvalue weighted by Gasteiger charge is -2.21. The fourth-order valence-corrected chi connectivity index (χ4v) is 3.96. The Morgan fingerprint density at radius 3 is 2.66 bits per heavy atom. The average Bonchev–Trinajstić information content (AvgIpc) is 3.29. The lowest BCUT2D eigenvalue weighted by molar-refractivity contribution is 0.0948. The van der Waals surface area contributed by atoms with Crippen molar-refractivity contribution in [2.75, 3.05) is 5.32 Å². The maximum Gasteiger partial charge on any atom is 0.252 e. The Labute approximate surface area is 187 Å². The van der Waals surface area contributed by atoms with Gasteiger partial charge in [0.25, 0.3) is 5.91 Å². The van der Waals surface area contributed by atoms with Crippen molar-refractivity contribution in [1.82, 2.24) is 25.1 Å². The zero-order valence-corrected chi connectivity index (χ0v) is 18.4. The molecule has 164 valence electrons. The van der Waals surface area contributed by atoms with Crippen molar-refractivity contribution < 1.29 is 4.79 Å². The van der Waals surface area contributed by atoms with E-state index in [9.17, 15) is 4.79 Å². The number of carbonyl (C=O) groups is 1. The summed E-state index contributed by atoms with van der Waals surface area (Å²) in [7, 11) is 0. The second-order valence-electron chi connectivity index (χ2n) is 8.25. The summed E-state index contributed by atoms with van der Waals surface area (Å²) in [6.07, 6.45) is 11.8. The molecule has 8 nitrogen and oxygen atoms in total. The summed E-state index contributed by atoms with van der Waals surface area (Å²) in [5.74, 6) is 0.223. The molecule has 0 unspecified atom stereocenters. The SMILES string of the molecule is Cc1cnc(Nc2cnn(C3CCCCC3)c2)nc1-c1ccc(C(=O)N[C@@H](C)C#N)cc1. The van der Waals surface area contributed by atoms with Gasteiger partial charge in [-0.2, -0.15) is 10.4 Å². The molecule has 3 aromatic rings. The zero-order chi connectivity index (χ0) is 22.5. The number of aryl methyl sites for hydroxylation is 1. The topological polar surface area (TPSA) is 109 Å². The maximum atomic E-state index is 12.2. The van der Waals surface area contributed by atoms with Gasteiger partial charge in [0.1, 0.15) is 6.04 Å². The van der Waals surface area contributed by atoms with Crippen LogP contribution in [0.4, 0.5) is 11.6 Å². The summed E-state index contributed by atoms with van der Waals surface area (Å²) >= 11 is 0. The Balaban J connectivity index is 1.49. The van der Waals surface area contributed by atoms with Gasteiger partial charge in [0.05, 0.1) is 29.7 Å². The van der Waals surface area contributed by atoms with Crippen molar-refractivity contribution in [2.45, 2.75) is 58.0 Å². The van der Waals surface area contributed by atoms with Crippen LogP contribution in [-0.4, -0.2) is 31.7 Å². The minimum atomic E-state index is -0.539.